The fraction of sp³-hybridized carbons (Fsp3) is 0.500. The molecule has 6 nitrogen and oxygen atoms in total. The Hall–Kier alpha value is -2.11. The number of aromatic carboxylic acids is 1. The Morgan fingerprint density at radius 3 is 2.65 bits per heavy atom. The Bertz CT molecular complexity index is 556. The van der Waals surface area contributed by atoms with Gasteiger partial charge in [-0.1, -0.05) is 6.92 Å². The summed E-state index contributed by atoms with van der Waals surface area (Å²) in [6.07, 6.45) is 3.13. The number of carboxylic acids is 1. The van der Waals surface area contributed by atoms with Gasteiger partial charge in [0.25, 0.3) is 5.69 Å². The molecule has 20 heavy (non-hydrogen) atoms. The summed E-state index contributed by atoms with van der Waals surface area (Å²) in [6.45, 7) is 3.81. The van der Waals surface area contributed by atoms with Crippen molar-refractivity contribution in [3.63, 3.8) is 0 Å². The van der Waals surface area contributed by atoms with E-state index in [0.717, 1.165) is 25.3 Å². The summed E-state index contributed by atoms with van der Waals surface area (Å²) in [5.41, 5.74) is 0.824. The van der Waals surface area contributed by atoms with E-state index in [0.29, 0.717) is 17.2 Å². The fourth-order valence-corrected chi connectivity index (χ4v) is 2.72. The van der Waals surface area contributed by atoms with E-state index in [-0.39, 0.29) is 17.3 Å². The predicted octanol–water partition coefficient (Wildman–Crippen LogP) is 3.20. The molecule has 0 saturated heterocycles. The first-order chi connectivity index (χ1) is 9.38. The molecule has 0 bridgehead atoms. The summed E-state index contributed by atoms with van der Waals surface area (Å²) < 4.78 is 0. The van der Waals surface area contributed by atoms with Crippen LogP contribution < -0.4 is 5.32 Å². The number of benzene rings is 1. The summed E-state index contributed by atoms with van der Waals surface area (Å²) in [5.74, 6) is -0.526. The molecule has 1 saturated carbocycles. The second-order valence-corrected chi connectivity index (χ2v) is 5.49. The van der Waals surface area contributed by atoms with Crippen LogP contribution in [0, 0.1) is 23.0 Å². The molecule has 0 aliphatic heterocycles. The number of nitro benzene ring substituents is 1. The van der Waals surface area contributed by atoms with Gasteiger partial charge in [-0.15, -0.1) is 0 Å². The largest absolute Gasteiger partial charge is 0.478 e. The highest BCUT2D eigenvalue weighted by Crippen LogP contribution is 2.32. The van der Waals surface area contributed by atoms with Crippen LogP contribution >= 0.6 is 0 Å². The van der Waals surface area contributed by atoms with Crippen LogP contribution in [-0.4, -0.2) is 22.0 Å². The Balaban J connectivity index is 2.35. The maximum absolute atomic E-state index is 11.1. The number of nitro groups is 1. The third kappa shape index (κ3) is 2.89. The summed E-state index contributed by atoms with van der Waals surface area (Å²) in [7, 11) is 0. The summed E-state index contributed by atoms with van der Waals surface area (Å²) >= 11 is 0. The number of anilines is 1. The van der Waals surface area contributed by atoms with Crippen LogP contribution in [0.15, 0.2) is 12.1 Å². The third-order valence-electron chi connectivity index (χ3n) is 3.88. The van der Waals surface area contributed by atoms with Gasteiger partial charge in [-0.2, -0.15) is 0 Å². The van der Waals surface area contributed by atoms with E-state index in [2.05, 4.69) is 12.2 Å². The zero-order valence-electron chi connectivity index (χ0n) is 11.5. The zero-order valence-corrected chi connectivity index (χ0v) is 11.5. The van der Waals surface area contributed by atoms with Crippen LogP contribution in [0.3, 0.4) is 0 Å². The molecule has 0 aromatic heterocycles. The molecular formula is C14H18N2O4. The van der Waals surface area contributed by atoms with Gasteiger partial charge < -0.3 is 10.4 Å². The normalized spacial score (nSPS) is 21.7. The highest BCUT2D eigenvalue weighted by atomic mass is 16.6. The lowest BCUT2D eigenvalue weighted by Gasteiger charge is -2.16. The van der Waals surface area contributed by atoms with Crippen molar-refractivity contribution in [3.05, 3.63) is 33.4 Å². The third-order valence-corrected chi connectivity index (χ3v) is 3.88. The Morgan fingerprint density at radius 2 is 2.15 bits per heavy atom. The highest BCUT2D eigenvalue weighted by molar-refractivity contribution is 5.90. The summed E-state index contributed by atoms with van der Waals surface area (Å²) in [6, 6.07) is 2.85. The maximum atomic E-state index is 11.1. The standard InChI is InChI=1S/C14H18N2O4/c1-8-3-4-11(5-8)15-12-6-10(14(17)18)7-13(9(12)2)16(19)20/h6-8,11,15H,3-5H2,1-2H3,(H,17,18). The van der Waals surface area contributed by atoms with Crippen molar-refractivity contribution in [2.45, 2.75) is 39.2 Å². The molecule has 1 aliphatic rings. The first kappa shape index (κ1) is 14.3. The van der Waals surface area contributed by atoms with E-state index in [1.54, 1.807) is 6.92 Å². The molecule has 1 fully saturated rings. The topological polar surface area (TPSA) is 92.5 Å². The van der Waals surface area contributed by atoms with Crippen LogP contribution in [0.4, 0.5) is 11.4 Å². The molecular weight excluding hydrogens is 260 g/mol. The number of nitrogens with zero attached hydrogens (tertiary/aromatic N) is 1. The van der Waals surface area contributed by atoms with Gasteiger partial charge in [0.1, 0.15) is 0 Å². The fourth-order valence-electron chi connectivity index (χ4n) is 2.72. The van der Waals surface area contributed by atoms with Gasteiger partial charge in [-0.05, 0) is 38.2 Å². The average molecular weight is 278 g/mol. The molecule has 2 rings (SSSR count). The minimum atomic E-state index is -1.16. The number of carbonyl (C=O) groups is 1. The number of nitrogens with one attached hydrogen (secondary N) is 1. The molecule has 2 N–H and O–H groups in total. The molecule has 2 atom stereocenters. The van der Waals surface area contributed by atoms with Crippen molar-refractivity contribution >= 4 is 17.3 Å². The van der Waals surface area contributed by atoms with Gasteiger partial charge in [-0.3, -0.25) is 10.1 Å². The first-order valence-corrected chi connectivity index (χ1v) is 6.67. The van der Waals surface area contributed by atoms with Crippen molar-refractivity contribution in [3.8, 4) is 0 Å². The predicted molar refractivity (Wildman–Crippen MR) is 75.2 cm³/mol. The van der Waals surface area contributed by atoms with Gasteiger partial charge in [-0.25, -0.2) is 4.79 Å². The molecule has 108 valence electrons. The van der Waals surface area contributed by atoms with Crippen molar-refractivity contribution < 1.29 is 14.8 Å². The molecule has 0 radical (unpaired) electrons. The van der Waals surface area contributed by atoms with Crippen molar-refractivity contribution in [2.75, 3.05) is 5.32 Å². The SMILES string of the molecule is Cc1c(NC2CCC(C)C2)cc(C(=O)O)cc1[N+](=O)[O-]. The monoisotopic (exact) mass is 278 g/mol. The van der Waals surface area contributed by atoms with Gasteiger partial charge in [0, 0.05) is 23.4 Å². The zero-order chi connectivity index (χ0) is 14.9. The lowest BCUT2D eigenvalue weighted by Crippen LogP contribution is -2.17. The van der Waals surface area contributed by atoms with E-state index >= 15 is 0 Å². The molecule has 6 heteroatoms. The minimum absolute atomic E-state index is 0.0594. The lowest BCUT2D eigenvalue weighted by atomic mass is 10.1. The number of rotatable bonds is 4. The number of hydrogen-bond donors (Lipinski definition) is 2. The highest BCUT2D eigenvalue weighted by Gasteiger charge is 2.24. The van der Waals surface area contributed by atoms with Crippen LogP contribution in [0.2, 0.25) is 0 Å². The molecule has 1 aromatic carbocycles. The molecule has 1 aromatic rings. The van der Waals surface area contributed by atoms with Crippen molar-refractivity contribution in [2.24, 2.45) is 5.92 Å². The van der Waals surface area contributed by atoms with E-state index in [1.165, 1.54) is 6.07 Å². The Kier molecular flexibility index (Phi) is 3.92. The second-order valence-electron chi connectivity index (χ2n) is 5.49. The Morgan fingerprint density at radius 1 is 1.45 bits per heavy atom. The van der Waals surface area contributed by atoms with E-state index in [4.69, 9.17) is 5.11 Å². The minimum Gasteiger partial charge on any atom is -0.478 e. The molecule has 1 aliphatic carbocycles. The summed E-state index contributed by atoms with van der Waals surface area (Å²) in [5, 5.41) is 23.3. The van der Waals surface area contributed by atoms with E-state index in [9.17, 15) is 14.9 Å². The number of carboxylic acid groups (broad SMARTS) is 1. The average Bonchev–Trinajstić information content (AvgIpc) is 2.76. The van der Waals surface area contributed by atoms with Crippen LogP contribution in [-0.2, 0) is 0 Å². The van der Waals surface area contributed by atoms with Crippen molar-refractivity contribution in [1.82, 2.24) is 0 Å². The Labute approximate surface area is 117 Å². The van der Waals surface area contributed by atoms with E-state index < -0.39 is 10.9 Å². The van der Waals surface area contributed by atoms with Gasteiger partial charge >= 0.3 is 5.97 Å². The van der Waals surface area contributed by atoms with Crippen LogP contribution in [0.5, 0.6) is 0 Å². The second kappa shape index (κ2) is 5.48. The van der Waals surface area contributed by atoms with Crippen LogP contribution in [0.25, 0.3) is 0 Å². The van der Waals surface area contributed by atoms with E-state index in [1.807, 2.05) is 0 Å². The molecule has 2 unspecified atom stereocenters. The van der Waals surface area contributed by atoms with Gasteiger partial charge in [0.15, 0.2) is 0 Å². The lowest BCUT2D eigenvalue weighted by molar-refractivity contribution is -0.385. The van der Waals surface area contributed by atoms with Crippen molar-refractivity contribution in [1.29, 1.82) is 0 Å². The smallest absolute Gasteiger partial charge is 0.336 e. The van der Waals surface area contributed by atoms with Gasteiger partial charge in [0.2, 0.25) is 0 Å². The maximum Gasteiger partial charge on any atom is 0.336 e. The van der Waals surface area contributed by atoms with Gasteiger partial charge in [0.05, 0.1) is 10.5 Å². The summed E-state index contributed by atoms with van der Waals surface area (Å²) in [4.78, 5) is 21.6. The molecule has 0 heterocycles. The number of hydrogen-bond acceptors (Lipinski definition) is 4. The molecule has 0 spiro atoms. The molecule has 0 amide bonds. The van der Waals surface area contributed by atoms with Crippen LogP contribution in [0.1, 0.15) is 42.1 Å². The first-order valence-electron chi connectivity index (χ1n) is 6.67. The quantitative estimate of drug-likeness (QED) is 0.651.